The summed E-state index contributed by atoms with van der Waals surface area (Å²) in [4.78, 5) is 12.2. The smallest absolute Gasteiger partial charge is 0.271 e. The van der Waals surface area contributed by atoms with Crippen LogP contribution in [0.5, 0.6) is 0 Å². The highest BCUT2D eigenvalue weighted by molar-refractivity contribution is 5.92. The van der Waals surface area contributed by atoms with Gasteiger partial charge < -0.3 is 10.4 Å². The van der Waals surface area contributed by atoms with Gasteiger partial charge in [-0.1, -0.05) is 27.7 Å². The molecule has 0 saturated carbocycles. The van der Waals surface area contributed by atoms with Gasteiger partial charge in [0.05, 0.1) is 0 Å². The predicted molar refractivity (Wildman–Crippen MR) is 84.3 cm³/mol. The van der Waals surface area contributed by atoms with Crippen LogP contribution in [0.3, 0.4) is 0 Å². The first-order valence-corrected chi connectivity index (χ1v) is 7.78. The molecule has 2 N–H and O–H groups in total. The number of nitrogens with zero attached hydrogens (tertiary/aromatic N) is 2. The lowest BCUT2D eigenvalue weighted by molar-refractivity contribution is 0.0935. The zero-order valence-corrected chi connectivity index (χ0v) is 13.9. The van der Waals surface area contributed by atoms with E-state index in [0.29, 0.717) is 30.0 Å². The monoisotopic (exact) mass is 295 g/mol. The van der Waals surface area contributed by atoms with Crippen molar-refractivity contribution >= 4 is 5.91 Å². The number of hydrogen-bond acceptors (Lipinski definition) is 3. The second-order valence-electron chi connectivity index (χ2n) is 6.45. The Kier molecular flexibility index (Phi) is 6.89. The second-order valence-corrected chi connectivity index (χ2v) is 6.45. The Hall–Kier alpha value is -1.36. The normalized spacial score (nSPS) is 13.0. The fraction of sp³-hybridized carbons (Fsp3) is 0.750. The first-order chi connectivity index (χ1) is 9.85. The van der Waals surface area contributed by atoms with Crippen molar-refractivity contribution in [1.82, 2.24) is 15.1 Å². The first kappa shape index (κ1) is 17.7. The minimum atomic E-state index is -0.135. The van der Waals surface area contributed by atoms with Gasteiger partial charge in [-0.3, -0.25) is 9.48 Å². The fourth-order valence-corrected chi connectivity index (χ4v) is 2.61. The van der Waals surface area contributed by atoms with Gasteiger partial charge in [0.25, 0.3) is 5.91 Å². The van der Waals surface area contributed by atoms with Crippen molar-refractivity contribution < 1.29 is 9.90 Å². The van der Waals surface area contributed by atoms with E-state index < -0.39 is 0 Å². The Bertz CT molecular complexity index is 452. The maximum absolute atomic E-state index is 12.2. The predicted octanol–water partition coefficient (Wildman–Crippen LogP) is 2.32. The van der Waals surface area contributed by atoms with E-state index in [0.717, 1.165) is 18.5 Å². The minimum absolute atomic E-state index is 0.135. The van der Waals surface area contributed by atoms with Crippen LogP contribution in [-0.4, -0.2) is 33.9 Å². The van der Waals surface area contributed by atoms with Crippen LogP contribution in [0.4, 0.5) is 0 Å². The van der Waals surface area contributed by atoms with E-state index in [9.17, 15) is 4.79 Å². The van der Waals surface area contributed by atoms with Crippen LogP contribution in [0.25, 0.3) is 0 Å². The van der Waals surface area contributed by atoms with Crippen molar-refractivity contribution in [3.8, 4) is 0 Å². The molecule has 21 heavy (non-hydrogen) atoms. The summed E-state index contributed by atoms with van der Waals surface area (Å²) < 4.78 is 1.76. The van der Waals surface area contributed by atoms with Gasteiger partial charge in [-0.2, -0.15) is 5.10 Å². The van der Waals surface area contributed by atoms with E-state index in [2.05, 4.69) is 38.1 Å². The van der Waals surface area contributed by atoms with E-state index in [4.69, 9.17) is 5.11 Å². The van der Waals surface area contributed by atoms with Crippen LogP contribution in [0, 0.1) is 11.8 Å². The lowest BCUT2D eigenvalue weighted by atomic mass is 9.94. The third-order valence-electron chi connectivity index (χ3n) is 3.63. The van der Waals surface area contributed by atoms with Crippen molar-refractivity contribution in [2.45, 2.75) is 46.5 Å². The Morgan fingerprint density at radius 2 is 2.05 bits per heavy atom. The molecule has 1 aromatic heterocycles. The maximum Gasteiger partial charge on any atom is 0.271 e. The molecule has 1 rings (SSSR count). The summed E-state index contributed by atoms with van der Waals surface area (Å²) in [6.07, 6.45) is 1.72. The number of nitrogens with one attached hydrogen (secondary N) is 1. The van der Waals surface area contributed by atoms with Crippen LogP contribution < -0.4 is 5.32 Å². The molecule has 1 unspecified atom stereocenters. The summed E-state index contributed by atoms with van der Waals surface area (Å²) in [5.74, 6) is 1.07. The number of aliphatic hydroxyl groups is 1. The Morgan fingerprint density at radius 1 is 1.38 bits per heavy atom. The zero-order chi connectivity index (χ0) is 16.0. The van der Waals surface area contributed by atoms with E-state index in [1.807, 2.05) is 13.1 Å². The minimum Gasteiger partial charge on any atom is -0.396 e. The van der Waals surface area contributed by atoms with Gasteiger partial charge in [-0.05, 0) is 36.7 Å². The van der Waals surface area contributed by atoms with Gasteiger partial charge in [0, 0.05) is 25.9 Å². The van der Waals surface area contributed by atoms with Crippen molar-refractivity contribution in [3.63, 3.8) is 0 Å². The molecule has 0 aliphatic heterocycles. The zero-order valence-electron chi connectivity index (χ0n) is 13.9. The number of aromatic nitrogens is 2. The third kappa shape index (κ3) is 5.50. The lowest BCUT2D eigenvalue weighted by Gasteiger charge is -2.18. The van der Waals surface area contributed by atoms with Gasteiger partial charge in [-0.25, -0.2) is 0 Å². The van der Waals surface area contributed by atoms with Crippen molar-refractivity contribution in [2.75, 3.05) is 13.2 Å². The molecule has 5 nitrogen and oxygen atoms in total. The highest BCUT2D eigenvalue weighted by Crippen LogP contribution is 2.16. The van der Waals surface area contributed by atoms with Crippen LogP contribution >= 0.6 is 0 Å². The Labute approximate surface area is 127 Å². The van der Waals surface area contributed by atoms with Gasteiger partial charge in [0.15, 0.2) is 0 Å². The number of aryl methyl sites for hydroxylation is 1. The number of hydrogen-bond donors (Lipinski definition) is 2. The molecular formula is C16H29N3O2. The number of aliphatic hydroxyl groups excluding tert-OH is 1. The third-order valence-corrected chi connectivity index (χ3v) is 3.63. The highest BCUT2D eigenvalue weighted by atomic mass is 16.3. The standard InChI is InChI=1S/C16H29N3O2/c1-11(2)8-13(6-7-20)10-17-16(21)14-9-15(12(3)4)19(5)18-14/h9,11-13,20H,6-8,10H2,1-5H3,(H,17,21). The second kappa shape index (κ2) is 8.17. The summed E-state index contributed by atoms with van der Waals surface area (Å²) in [7, 11) is 1.86. The molecule has 0 bridgehead atoms. The van der Waals surface area contributed by atoms with Crippen molar-refractivity contribution in [3.05, 3.63) is 17.5 Å². The van der Waals surface area contributed by atoms with Crippen LogP contribution in [0.1, 0.15) is 62.6 Å². The quantitative estimate of drug-likeness (QED) is 0.773. The van der Waals surface area contributed by atoms with Crippen molar-refractivity contribution in [2.24, 2.45) is 18.9 Å². The fourth-order valence-electron chi connectivity index (χ4n) is 2.61. The molecule has 1 amide bonds. The molecule has 1 aromatic rings. The number of carbonyl (C=O) groups excluding carboxylic acids is 1. The Balaban J connectivity index is 2.61. The SMILES string of the molecule is CC(C)CC(CCO)CNC(=O)c1cc(C(C)C)n(C)n1. The molecule has 1 heterocycles. The van der Waals surface area contributed by atoms with Gasteiger partial charge in [-0.15, -0.1) is 0 Å². The number of rotatable bonds is 8. The average Bonchev–Trinajstić information content (AvgIpc) is 2.77. The molecule has 0 spiro atoms. The first-order valence-electron chi connectivity index (χ1n) is 7.78. The molecule has 0 saturated heterocycles. The molecule has 5 heteroatoms. The molecule has 1 atom stereocenters. The van der Waals surface area contributed by atoms with E-state index in [1.54, 1.807) is 4.68 Å². The largest absolute Gasteiger partial charge is 0.396 e. The molecule has 0 aromatic carbocycles. The average molecular weight is 295 g/mol. The van der Waals surface area contributed by atoms with E-state index in [1.165, 1.54) is 0 Å². The lowest BCUT2D eigenvalue weighted by Crippen LogP contribution is -2.30. The molecule has 0 aliphatic rings. The molecular weight excluding hydrogens is 266 g/mol. The molecule has 120 valence electrons. The van der Waals surface area contributed by atoms with Crippen molar-refractivity contribution in [1.29, 1.82) is 0 Å². The van der Waals surface area contributed by atoms with E-state index in [-0.39, 0.29) is 12.5 Å². The maximum atomic E-state index is 12.2. The summed E-state index contributed by atoms with van der Waals surface area (Å²) in [6.45, 7) is 9.22. The van der Waals surface area contributed by atoms with E-state index >= 15 is 0 Å². The van der Waals surface area contributed by atoms with Crippen LogP contribution in [0.15, 0.2) is 6.07 Å². The van der Waals surface area contributed by atoms with Gasteiger partial charge >= 0.3 is 0 Å². The molecule has 0 aliphatic carbocycles. The Morgan fingerprint density at radius 3 is 2.52 bits per heavy atom. The number of amides is 1. The topological polar surface area (TPSA) is 67.2 Å². The van der Waals surface area contributed by atoms with Crippen LogP contribution in [0.2, 0.25) is 0 Å². The highest BCUT2D eigenvalue weighted by Gasteiger charge is 2.17. The van der Waals surface area contributed by atoms with Gasteiger partial charge in [0.2, 0.25) is 0 Å². The van der Waals surface area contributed by atoms with Gasteiger partial charge in [0.1, 0.15) is 5.69 Å². The summed E-state index contributed by atoms with van der Waals surface area (Å²) in [5, 5.41) is 16.3. The van der Waals surface area contributed by atoms with Crippen LogP contribution in [-0.2, 0) is 7.05 Å². The summed E-state index contributed by atoms with van der Waals surface area (Å²) >= 11 is 0. The number of carbonyl (C=O) groups is 1. The molecule has 0 radical (unpaired) electrons. The molecule has 0 fully saturated rings. The summed E-state index contributed by atoms with van der Waals surface area (Å²) in [5.41, 5.74) is 1.52. The summed E-state index contributed by atoms with van der Waals surface area (Å²) in [6, 6.07) is 1.85.